The summed E-state index contributed by atoms with van der Waals surface area (Å²) in [7, 11) is 0. The number of nitrogens with two attached hydrogens (primary N) is 1. The first kappa shape index (κ1) is 16.2. The first-order valence-electron chi connectivity index (χ1n) is 6.69. The predicted molar refractivity (Wildman–Crippen MR) is 76.9 cm³/mol. The molecule has 0 fully saturated rings. The number of aromatic hydroxyl groups is 1. The van der Waals surface area contributed by atoms with Gasteiger partial charge < -0.3 is 16.2 Å². The summed E-state index contributed by atoms with van der Waals surface area (Å²) in [6, 6.07) is 5.09. The molecule has 1 aromatic rings. The molecule has 1 amide bonds. The zero-order valence-electron chi connectivity index (χ0n) is 11.8. The summed E-state index contributed by atoms with van der Waals surface area (Å²) in [6.07, 6.45) is 2.92. The van der Waals surface area contributed by atoms with Gasteiger partial charge >= 0.3 is 0 Å². The number of carbonyl (C=O) groups excluding carboxylic acids is 2. The summed E-state index contributed by atoms with van der Waals surface area (Å²) in [6.45, 7) is 3.85. The van der Waals surface area contributed by atoms with Crippen molar-refractivity contribution in [2.75, 3.05) is 0 Å². The minimum Gasteiger partial charge on any atom is -0.508 e. The molecule has 0 saturated carbocycles. The zero-order valence-corrected chi connectivity index (χ0v) is 11.8. The molecular weight excluding hydrogens is 256 g/mol. The fourth-order valence-electron chi connectivity index (χ4n) is 1.77. The molecule has 0 spiro atoms. The highest BCUT2D eigenvalue weighted by molar-refractivity contribution is 5.84. The maximum absolute atomic E-state index is 11.9. The van der Waals surface area contributed by atoms with E-state index in [4.69, 9.17) is 5.73 Å². The van der Waals surface area contributed by atoms with Crippen molar-refractivity contribution in [3.8, 4) is 5.75 Å². The minimum atomic E-state index is -0.734. The van der Waals surface area contributed by atoms with Crippen molar-refractivity contribution >= 4 is 12.2 Å². The number of benzene rings is 1. The lowest BCUT2D eigenvalue weighted by molar-refractivity contribution is -0.123. The Balaban J connectivity index is 2.61. The third-order valence-corrected chi connectivity index (χ3v) is 3.39. The molecule has 1 rings (SSSR count). The molecule has 0 heterocycles. The zero-order chi connectivity index (χ0) is 15.1. The van der Waals surface area contributed by atoms with E-state index in [1.165, 1.54) is 12.1 Å². The van der Waals surface area contributed by atoms with Crippen molar-refractivity contribution < 1.29 is 14.7 Å². The normalized spacial score (nSPS) is 15.2. The average Bonchev–Trinajstić information content (AvgIpc) is 2.46. The highest BCUT2D eigenvalue weighted by Gasteiger charge is 2.22. The maximum atomic E-state index is 11.9. The minimum absolute atomic E-state index is 0.0518. The van der Waals surface area contributed by atoms with Crippen molar-refractivity contribution in [1.82, 2.24) is 5.32 Å². The monoisotopic (exact) mass is 277 g/mol. The second-order valence-corrected chi connectivity index (χ2v) is 4.96. The highest BCUT2D eigenvalue weighted by Crippen LogP contribution is 2.11. The SMILES string of the molecule is CC[C@H](C)[C@H](N)C(=O)N[C@H]([C]=O)Cc1ccc(O)cc1. The molecule has 1 aromatic carbocycles. The molecule has 0 bridgehead atoms. The van der Waals surface area contributed by atoms with Crippen LogP contribution in [0.4, 0.5) is 0 Å². The van der Waals surface area contributed by atoms with Crippen LogP contribution in [0.25, 0.3) is 0 Å². The van der Waals surface area contributed by atoms with E-state index < -0.39 is 12.1 Å². The number of amides is 1. The van der Waals surface area contributed by atoms with Crippen LogP contribution in [0, 0.1) is 5.92 Å². The van der Waals surface area contributed by atoms with Gasteiger partial charge in [0.25, 0.3) is 0 Å². The Kier molecular flexibility index (Phi) is 6.18. The smallest absolute Gasteiger partial charge is 0.237 e. The summed E-state index contributed by atoms with van der Waals surface area (Å²) in [5, 5.41) is 11.8. The molecule has 0 aliphatic heterocycles. The Morgan fingerprint density at radius 3 is 2.50 bits per heavy atom. The molecule has 0 saturated heterocycles. The lowest BCUT2D eigenvalue weighted by atomic mass is 9.98. The van der Waals surface area contributed by atoms with Crippen LogP contribution in [0.1, 0.15) is 25.8 Å². The Bertz CT molecular complexity index is 445. The van der Waals surface area contributed by atoms with Gasteiger partial charge in [-0.3, -0.25) is 9.59 Å². The summed E-state index contributed by atoms with van der Waals surface area (Å²) in [5.74, 6) is -0.134. The molecule has 5 nitrogen and oxygen atoms in total. The van der Waals surface area contributed by atoms with E-state index in [2.05, 4.69) is 5.32 Å². The Hall–Kier alpha value is -1.88. The Labute approximate surface area is 119 Å². The van der Waals surface area contributed by atoms with E-state index >= 15 is 0 Å². The first-order chi connectivity index (χ1) is 9.47. The van der Waals surface area contributed by atoms with Gasteiger partial charge in [0.1, 0.15) is 5.75 Å². The lowest BCUT2D eigenvalue weighted by Gasteiger charge is -2.20. The van der Waals surface area contributed by atoms with Gasteiger partial charge in [-0.25, -0.2) is 0 Å². The van der Waals surface area contributed by atoms with Crippen LogP contribution in [0.5, 0.6) is 5.75 Å². The number of phenols is 1. The van der Waals surface area contributed by atoms with Crippen molar-refractivity contribution in [2.45, 2.75) is 38.8 Å². The average molecular weight is 277 g/mol. The van der Waals surface area contributed by atoms with Crippen LogP contribution >= 0.6 is 0 Å². The van der Waals surface area contributed by atoms with Crippen molar-refractivity contribution in [1.29, 1.82) is 0 Å². The van der Waals surface area contributed by atoms with Gasteiger partial charge in [0, 0.05) is 6.42 Å². The van der Waals surface area contributed by atoms with E-state index in [9.17, 15) is 14.7 Å². The van der Waals surface area contributed by atoms with Gasteiger partial charge in [0.2, 0.25) is 12.2 Å². The number of nitrogens with one attached hydrogen (secondary N) is 1. The summed E-state index contributed by atoms with van der Waals surface area (Å²) in [4.78, 5) is 22.8. The van der Waals surface area contributed by atoms with Crippen LogP contribution < -0.4 is 11.1 Å². The molecule has 109 valence electrons. The standard InChI is InChI=1S/C15H21N2O3/c1-3-10(2)14(16)15(20)17-12(9-18)8-11-4-6-13(19)7-5-11/h4-7,10,12,14,19H,3,8,16H2,1-2H3,(H,17,20)/t10-,12-,14-/m0/s1. The van der Waals surface area contributed by atoms with E-state index in [-0.39, 0.29) is 17.6 Å². The van der Waals surface area contributed by atoms with E-state index in [1.807, 2.05) is 20.1 Å². The van der Waals surface area contributed by atoms with Gasteiger partial charge in [-0.05, 0) is 23.6 Å². The van der Waals surface area contributed by atoms with Gasteiger partial charge in [-0.15, -0.1) is 0 Å². The molecular formula is C15H21N2O3. The molecule has 0 aliphatic rings. The van der Waals surface area contributed by atoms with Crippen LogP contribution in [-0.2, 0) is 16.0 Å². The Morgan fingerprint density at radius 2 is 2.00 bits per heavy atom. The number of hydrogen-bond donors (Lipinski definition) is 3. The largest absolute Gasteiger partial charge is 0.508 e. The second-order valence-electron chi connectivity index (χ2n) is 4.96. The van der Waals surface area contributed by atoms with Gasteiger partial charge in [-0.1, -0.05) is 32.4 Å². The molecule has 0 aliphatic carbocycles. The lowest BCUT2D eigenvalue weighted by Crippen LogP contribution is -2.49. The van der Waals surface area contributed by atoms with Crippen LogP contribution in [0.2, 0.25) is 0 Å². The predicted octanol–water partition coefficient (Wildman–Crippen LogP) is 0.903. The maximum Gasteiger partial charge on any atom is 0.237 e. The fraction of sp³-hybridized carbons (Fsp3) is 0.467. The number of hydrogen-bond acceptors (Lipinski definition) is 4. The third kappa shape index (κ3) is 4.66. The summed E-state index contributed by atoms with van der Waals surface area (Å²) < 4.78 is 0. The fourth-order valence-corrected chi connectivity index (χ4v) is 1.77. The Morgan fingerprint density at radius 1 is 1.40 bits per heavy atom. The topological polar surface area (TPSA) is 92.4 Å². The van der Waals surface area contributed by atoms with Crippen LogP contribution in [0.3, 0.4) is 0 Å². The summed E-state index contributed by atoms with van der Waals surface area (Å²) in [5.41, 5.74) is 6.64. The number of carbonyl (C=O) groups is 1. The molecule has 20 heavy (non-hydrogen) atoms. The molecule has 3 atom stereocenters. The van der Waals surface area contributed by atoms with E-state index in [1.54, 1.807) is 12.1 Å². The molecule has 4 N–H and O–H groups in total. The second kappa shape index (κ2) is 7.65. The van der Waals surface area contributed by atoms with Gasteiger partial charge in [0.05, 0.1) is 12.1 Å². The third-order valence-electron chi connectivity index (χ3n) is 3.39. The molecule has 0 unspecified atom stereocenters. The van der Waals surface area contributed by atoms with Crippen molar-refractivity contribution in [3.05, 3.63) is 29.8 Å². The van der Waals surface area contributed by atoms with Crippen LogP contribution in [0.15, 0.2) is 24.3 Å². The summed E-state index contributed by atoms with van der Waals surface area (Å²) >= 11 is 0. The molecule has 1 radical (unpaired) electrons. The van der Waals surface area contributed by atoms with E-state index in [0.29, 0.717) is 6.42 Å². The van der Waals surface area contributed by atoms with Crippen molar-refractivity contribution in [2.24, 2.45) is 11.7 Å². The van der Waals surface area contributed by atoms with Crippen molar-refractivity contribution in [3.63, 3.8) is 0 Å². The van der Waals surface area contributed by atoms with E-state index in [0.717, 1.165) is 12.0 Å². The molecule has 5 heteroatoms. The van der Waals surface area contributed by atoms with Gasteiger partial charge in [-0.2, -0.15) is 0 Å². The molecule has 0 aromatic heterocycles. The quantitative estimate of drug-likeness (QED) is 0.690. The highest BCUT2D eigenvalue weighted by atomic mass is 16.3. The number of phenolic OH excluding ortho intramolecular Hbond substituents is 1. The first-order valence-corrected chi connectivity index (χ1v) is 6.69. The number of rotatable bonds is 7. The van der Waals surface area contributed by atoms with Gasteiger partial charge in [0.15, 0.2) is 0 Å². The van der Waals surface area contributed by atoms with Crippen LogP contribution in [-0.4, -0.2) is 29.4 Å².